The lowest BCUT2D eigenvalue weighted by Gasteiger charge is -2.18. The van der Waals surface area contributed by atoms with E-state index in [1.165, 1.54) is 43.8 Å². The molecule has 0 aliphatic heterocycles. The van der Waals surface area contributed by atoms with Crippen molar-refractivity contribution in [3.05, 3.63) is 71.2 Å². The molecule has 2 aromatic carbocycles. The number of fused-ring (bicyclic) bond motifs is 1. The third-order valence-corrected chi connectivity index (χ3v) is 4.59. The molecule has 0 spiro atoms. The predicted molar refractivity (Wildman–Crippen MR) is 114 cm³/mol. The van der Waals surface area contributed by atoms with Crippen molar-refractivity contribution in [3.8, 4) is 5.75 Å². The van der Waals surface area contributed by atoms with Crippen molar-refractivity contribution in [2.75, 3.05) is 17.7 Å². The topological polar surface area (TPSA) is 87.1 Å². The van der Waals surface area contributed by atoms with E-state index in [1.807, 2.05) is 0 Å². The molecule has 0 saturated heterocycles. The molecular formula is C21H16ClF3N4O2. The number of anilines is 2. The van der Waals surface area contributed by atoms with E-state index < -0.39 is 23.4 Å². The van der Waals surface area contributed by atoms with Crippen molar-refractivity contribution in [1.82, 2.24) is 4.98 Å². The average Bonchev–Trinajstić information content (AvgIpc) is 2.73. The largest absolute Gasteiger partial charge is 0.495 e. The van der Waals surface area contributed by atoms with Gasteiger partial charge in [0.05, 0.1) is 17.7 Å². The van der Waals surface area contributed by atoms with E-state index in [1.54, 1.807) is 18.2 Å². The second-order valence-electron chi connectivity index (χ2n) is 6.26. The van der Waals surface area contributed by atoms with Crippen LogP contribution < -0.4 is 15.4 Å². The van der Waals surface area contributed by atoms with Crippen LogP contribution in [0.5, 0.6) is 5.75 Å². The van der Waals surface area contributed by atoms with Crippen LogP contribution in [0.1, 0.15) is 0 Å². The number of carbonyl (C=O) groups excluding carboxylic acids is 1. The molecule has 0 aliphatic rings. The Morgan fingerprint density at radius 1 is 1.19 bits per heavy atom. The van der Waals surface area contributed by atoms with E-state index >= 15 is 0 Å². The highest BCUT2D eigenvalue weighted by molar-refractivity contribution is 6.32. The fourth-order valence-corrected chi connectivity index (χ4v) is 3.10. The molecule has 0 unspecified atom stereocenters. The fourth-order valence-electron chi connectivity index (χ4n) is 2.84. The molecule has 3 aromatic rings. The Morgan fingerprint density at radius 3 is 2.61 bits per heavy atom. The van der Waals surface area contributed by atoms with E-state index in [2.05, 4.69) is 15.6 Å². The van der Waals surface area contributed by atoms with Crippen molar-refractivity contribution in [2.45, 2.75) is 6.18 Å². The average molecular weight is 449 g/mol. The Bertz CT molecular complexity index is 1170. The molecule has 3 rings (SSSR count). The third kappa shape index (κ3) is 4.95. The number of pyridine rings is 1. The summed E-state index contributed by atoms with van der Waals surface area (Å²) >= 11 is 5.99. The van der Waals surface area contributed by atoms with Crippen LogP contribution in [0.3, 0.4) is 0 Å². The van der Waals surface area contributed by atoms with Crippen LogP contribution in [0, 0.1) is 5.41 Å². The van der Waals surface area contributed by atoms with Crippen molar-refractivity contribution in [3.63, 3.8) is 0 Å². The van der Waals surface area contributed by atoms with Gasteiger partial charge in [-0.1, -0.05) is 23.7 Å². The standard InChI is InChI=1S/C21H16ClF3N4O2/c1-31-18-6-5-13(9-16(18)22)28-20(30)14(10-26)19(21(23,24)25)29-17-4-2-3-12-7-8-27-11-15(12)17/h2-11,26,29H,1H3,(H,28,30)/b19-14+,26-10?. The number of nitrogens with zero attached hydrogens (tertiary/aromatic N) is 1. The summed E-state index contributed by atoms with van der Waals surface area (Å²) in [6, 6.07) is 10.6. The highest BCUT2D eigenvalue weighted by atomic mass is 35.5. The van der Waals surface area contributed by atoms with Gasteiger partial charge in [0.2, 0.25) is 0 Å². The zero-order chi connectivity index (χ0) is 22.6. The molecule has 6 nitrogen and oxygen atoms in total. The molecule has 1 heterocycles. The Hall–Kier alpha value is -3.59. The second kappa shape index (κ2) is 9.05. The molecule has 31 heavy (non-hydrogen) atoms. The van der Waals surface area contributed by atoms with Gasteiger partial charge in [0.15, 0.2) is 0 Å². The van der Waals surface area contributed by atoms with Crippen LogP contribution in [0.25, 0.3) is 10.8 Å². The van der Waals surface area contributed by atoms with E-state index in [4.69, 9.17) is 21.7 Å². The summed E-state index contributed by atoms with van der Waals surface area (Å²) in [6.07, 6.45) is -1.66. The van der Waals surface area contributed by atoms with Crippen molar-refractivity contribution < 1.29 is 22.7 Å². The Morgan fingerprint density at radius 2 is 1.97 bits per heavy atom. The first kappa shape index (κ1) is 22.1. The van der Waals surface area contributed by atoms with Crippen LogP contribution in [-0.2, 0) is 4.79 Å². The van der Waals surface area contributed by atoms with Crippen LogP contribution in [0.15, 0.2) is 66.1 Å². The number of ether oxygens (including phenoxy) is 1. The van der Waals surface area contributed by atoms with Crippen molar-refractivity contribution >= 4 is 45.9 Å². The number of nitrogens with one attached hydrogen (secondary N) is 3. The third-order valence-electron chi connectivity index (χ3n) is 4.29. The summed E-state index contributed by atoms with van der Waals surface area (Å²) < 4.78 is 46.5. The highest BCUT2D eigenvalue weighted by Crippen LogP contribution is 2.33. The molecule has 0 radical (unpaired) electrons. The predicted octanol–water partition coefficient (Wildman–Crippen LogP) is 5.41. The van der Waals surface area contributed by atoms with Gasteiger partial charge in [0.25, 0.3) is 5.91 Å². The molecule has 1 aromatic heterocycles. The van der Waals surface area contributed by atoms with Crippen LogP contribution in [0.4, 0.5) is 24.5 Å². The van der Waals surface area contributed by atoms with Gasteiger partial charge in [0.1, 0.15) is 11.4 Å². The first-order chi connectivity index (χ1) is 14.7. The van der Waals surface area contributed by atoms with Gasteiger partial charge in [-0.2, -0.15) is 13.2 Å². The van der Waals surface area contributed by atoms with Gasteiger partial charge in [-0.15, -0.1) is 0 Å². The number of alkyl halides is 3. The number of allylic oxidation sites excluding steroid dienone is 1. The molecule has 0 bridgehead atoms. The lowest BCUT2D eigenvalue weighted by Crippen LogP contribution is -2.27. The quantitative estimate of drug-likeness (QED) is 0.347. The lowest BCUT2D eigenvalue weighted by molar-refractivity contribution is -0.114. The first-order valence-electron chi connectivity index (χ1n) is 8.81. The Balaban J connectivity index is 2.01. The highest BCUT2D eigenvalue weighted by Gasteiger charge is 2.38. The fraction of sp³-hybridized carbons (Fsp3) is 0.0952. The van der Waals surface area contributed by atoms with E-state index in [0.717, 1.165) is 0 Å². The number of methoxy groups -OCH3 is 1. The second-order valence-corrected chi connectivity index (χ2v) is 6.67. The SMILES string of the molecule is COc1ccc(NC(=O)/C(C=N)=C(/Nc2cccc3ccncc23)C(F)(F)F)cc1Cl. The normalized spacial score (nSPS) is 12.2. The zero-order valence-corrected chi connectivity index (χ0v) is 16.8. The Kier molecular flexibility index (Phi) is 6.45. The van der Waals surface area contributed by atoms with E-state index in [-0.39, 0.29) is 16.4 Å². The van der Waals surface area contributed by atoms with Crippen molar-refractivity contribution in [2.24, 2.45) is 0 Å². The first-order valence-corrected chi connectivity index (χ1v) is 9.19. The van der Waals surface area contributed by atoms with Gasteiger partial charge in [-0.05, 0) is 35.7 Å². The lowest BCUT2D eigenvalue weighted by atomic mass is 10.1. The van der Waals surface area contributed by atoms with Crippen LogP contribution >= 0.6 is 11.6 Å². The number of benzene rings is 2. The maximum Gasteiger partial charge on any atom is 0.432 e. The zero-order valence-electron chi connectivity index (χ0n) is 16.0. The van der Waals surface area contributed by atoms with E-state index in [0.29, 0.717) is 22.7 Å². The molecule has 1 amide bonds. The van der Waals surface area contributed by atoms with Gasteiger partial charge in [-0.3, -0.25) is 9.78 Å². The molecule has 0 atom stereocenters. The summed E-state index contributed by atoms with van der Waals surface area (Å²) in [5.74, 6) is -0.792. The molecule has 10 heteroatoms. The molecule has 0 fully saturated rings. The summed E-state index contributed by atoms with van der Waals surface area (Å²) in [5, 5.41) is 13.3. The molecule has 0 aliphatic carbocycles. The van der Waals surface area contributed by atoms with Gasteiger partial charge < -0.3 is 20.8 Å². The summed E-state index contributed by atoms with van der Waals surface area (Å²) in [6.45, 7) is 0. The molecular weight excluding hydrogens is 433 g/mol. The summed E-state index contributed by atoms with van der Waals surface area (Å²) in [5.41, 5.74) is -2.04. The van der Waals surface area contributed by atoms with Gasteiger partial charge in [0, 0.05) is 35.4 Å². The molecule has 0 saturated carbocycles. The summed E-state index contributed by atoms with van der Waals surface area (Å²) in [4.78, 5) is 16.5. The minimum absolute atomic E-state index is 0.0950. The van der Waals surface area contributed by atoms with E-state index in [9.17, 15) is 18.0 Å². The maximum atomic E-state index is 13.8. The number of aromatic nitrogens is 1. The smallest absolute Gasteiger partial charge is 0.432 e. The molecule has 160 valence electrons. The number of amides is 1. The minimum Gasteiger partial charge on any atom is -0.495 e. The van der Waals surface area contributed by atoms with Gasteiger partial charge >= 0.3 is 6.18 Å². The summed E-state index contributed by atoms with van der Waals surface area (Å²) in [7, 11) is 1.40. The maximum absolute atomic E-state index is 13.8. The Labute approximate surface area is 180 Å². The van der Waals surface area contributed by atoms with Crippen LogP contribution in [0.2, 0.25) is 5.02 Å². The number of rotatable bonds is 6. The van der Waals surface area contributed by atoms with Gasteiger partial charge in [-0.25, -0.2) is 0 Å². The minimum atomic E-state index is -4.94. The number of hydrogen-bond acceptors (Lipinski definition) is 5. The molecule has 3 N–H and O–H groups in total. The number of halogens is 4. The van der Waals surface area contributed by atoms with Crippen LogP contribution in [-0.4, -0.2) is 30.4 Å². The van der Waals surface area contributed by atoms with Crippen molar-refractivity contribution in [1.29, 1.82) is 5.41 Å². The monoisotopic (exact) mass is 448 g/mol. The number of hydrogen-bond donors (Lipinski definition) is 3. The number of carbonyl (C=O) groups is 1.